The molecular formula is C20H20ClIN6O3. The first-order chi connectivity index (χ1) is 14.9. The molecule has 2 aliphatic rings. The monoisotopic (exact) mass is 554 g/mol. The Kier molecular flexibility index (Phi) is 5.07. The molecule has 5 atom stereocenters. The van der Waals surface area contributed by atoms with Crippen LogP contribution >= 0.6 is 34.2 Å². The average Bonchev–Trinajstić information content (AvgIpc) is 3.29. The van der Waals surface area contributed by atoms with Crippen molar-refractivity contribution in [3.8, 4) is 0 Å². The fourth-order valence-electron chi connectivity index (χ4n) is 4.85. The Morgan fingerprint density at radius 2 is 2.19 bits per heavy atom. The van der Waals surface area contributed by atoms with Gasteiger partial charge in [0.05, 0.1) is 23.9 Å². The van der Waals surface area contributed by atoms with E-state index in [1.807, 2.05) is 46.9 Å². The molecule has 0 bridgehead atoms. The lowest BCUT2D eigenvalue weighted by atomic mass is 9.98. The molecule has 2 aromatic heterocycles. The van der Waals surface area contributed by atoms with Crippen molar-refractivity contribution in [1.29, 1.82) is 0 Å². The zero-order valence-electron chi connectivity index (χ0n) is 16.5. The van der Waals surface area contributed by atoms with Crippen molar-refractivity contribution in [3.05, 3.63) is 45.0 Å². The van der Waals surface area contributed by atoms with Gasteiger partial charge in [0.1, 0.15) is 6.10 Å². The van der Waals surface area contributed by atoms with E-state index in [0.717, 1.165) is 5.56 Å². The zero-order valence-corrected chi connectivity index (χ0v) is 19.4. The third kappa shape index (κ3) is 3.19. The summed E-state index contributed by atoms with van der Waals surface area (Å²) in [4.78, 5) is 25.9. The maximum atomic E-state index is 12.4. The third-order valence-corrected chi connectivity index (χ3v) is 7.10. The predicted molar refractivity (Wildman–Crippen MR) is 122 cm³/mol. The highest BCUT2D eigenvalue weighted by atomic mass is 127. The molecule has 9 nitrogen and oxygen atoms in total. The molecular weight excluding hydrogens is 535 g/mol. The summed E-state index contributed by atoms with van der Waals surface area (Å²) in [5, 5.41) is 28.0. The summed E-state index contributed by atoms with van der Waals surface area (Å²) < 4.78 is 2.28. The summed E-state index contributed by atoms with van der Waals surface area (Å²) in [7, 11) is 1.54. The number of aromatic nitrogens is 4. The minimum Gasteiger partial charge on any atom is -0.389 e. The second-order valence-corrected chi connectivity index (χ2v) is 9.41. The Morgan fingerprint density at radius 3 is 2.94 bits per heavy atom. The summed E-state index contributed by atoms with van der Waals surface area (Å²) >= 11 is 8.10. The second kappa shape index (κ2) is 7.54. The molecule has 2 aliphatic carbocycles. The van der Waals surface area contributed by atoms with Crippen molar-refractivity contribution in [2.24, 2.45) is 11.3 Å². The standard InChI is InChI=1S/C20H20ClIN6O3/c1-23-18(31)20-6-11(20)13(14(29)15(20)30)28-8-25-12-16(26-19(22)27-17(12)28)24-7-9-3-2-4-10(21)5-9/h2-5,8,11,13-15,29-30H,6-7H2,1H3,(H,23,31)(H,24,26,27)/t11-,13-,14?,15?,20+/m1/s1. The van der Waals surface area contributed by atoms with E-state index in [2.05, 4.69) is 25.6 Å². The molecule has 1 amide bonds. The number of carbonyl (C=O) groups excluding carboxylic acids is 1. The van der Waals surface area contributed by atoms with Gasteiger partial charge in [0, 0.05) is 47.1 Å². The topological polar surface area (TPSA) is 125 Å². The van der Waals surface area contributed by atoms with Gasteiger partial charge in [-0.3, -0.25) is 4.79 Å². The molecule has 4 N–H and O–H groups in total. The number of carbonyl (C=O) groups is 1. The van der Waals surface area contributed by atoms with Crippen LogP contribution in [0.5, 0.6) is 0 Å². The number of hydrogen-bond acceptors (Lipinski definition) is 7. The Balaban J connectivity index is 1.49. The lowest BCUT2D eigenvalue weighted by Gasteiger charge is -2.23. The number of hydrogen-bond donors (Lipinski definition) is 4. The lowest BCUT2D eigenvalue weighted by molar-refractivity contribution is -0.132. The number of aliphatic hydroxyl groups excluding tert-OH is 2. The fraction of sp³-hybridized carbons (Fsp3) is 0.400. The number of aliphatic hydroxyl groups is 2. The van der Waals surface area contributed by atoms with Crippen LogP contribution in [0.2, 0.25) is 5.02 Å². The van der Waals surface area contributed by atoms with Crippen molar-refractivity contribution in [1.82, 2.24) is 24.8 Å². The van der Waals surface area contributed by atoms with E-state index in [-0.39, 0.29) is 11.8 Å². The van der Waals surface area contributed by atoms with E-state index in [4.69, 9.17) is 11.6 Å². The minimum atomic E-state index is -1.14. The highest BCUT2D eigenvalue weighted by Gasteiger charge is 2.75. The summed E-state index contributed by atoms with van der Waals surface area (Å²) in [6, 6.07) is 7.04. The van der Waals surface area contributed by atoms with Crippen molar-refractivity contribution in [2.45, 2.75) is 31.2 Å². The molecule has 2 saturated carbocycles. The van der Waals surface area contributed by atoms with E-state index in [9.17, 15) is 15.0 Å². The van der Waals surface area contributed by atoms with Crippen LogP contribution in [0.4, 0.5) is 5.82 Å². The highest BCUT2D eigenvalue weighted by Crippen LogP contribution is 2.67. The summed E-state index contributed by atoms with van der Waals surface area (Å²) in [6.45, 7) is 0.503. The predicted octanol–water partition coefficient (Wildman–Crippen LogP) is 1.73. The molecule has 5 rings (SSSR count). The van der Waals surface area contributed by atoms with Crippen LogP contribution in [0.25, 0.3) is 11.2 Å². The van der Waals surface area contributed by atoms with Crippen LogP contribution in [0.15, 0.2) is 30.6 Å². The molecule has 3 aromatic rings. The Morgan fingerprint density at radius 1 is 1.39 bits per heavy atom. The Hall–Kier alpha value is -2.02. The van der Waals surface area contributed by atoms with Crippen molar-refractivity contribution >= 4 is 57.1 Å². The van der Waals surface area contributed by atoms with E-state index < -0.39 is 23.7 Å². The second-order valence-electron chi connectivity index (χ2n) is 8.00. The number of nitrogens with one attached hydrogen (secondary N) is 2. The summed E-state index contributed by atoms with van der Waals surface area (Å²) in [5.74, 6) is 0.129. The van der Waals surface area contributed by atoms with Crippen molar-refractivity contribution in [3.63, 3.8) is 0 Å². The van der Waals surface area contributed by atoms with Gasteiger partial charge in [0.25, 0.3) is 0 Å². The highest BCUT2D eigenvalue weighted by molar-refractivity contribution is 14.1. The molecule has 0 spiro atoms. The van der Waals surface area contributed by atoms with E-state index in [0.29, 0.717) is 38.8 Å². The zero-order chi connectivity index (χ0) is 21.9. The Bertz CT molecular complexity index is 1190. The van der Waals surface area contributed by atoms with Crippen LogP contribution in [0.3, 0.4) is 0 Å². The molecule has 162 valence electrons. The normalized spacial score (nSPS) is 29.1. The van der Waals surface area contributed by atoms with Gasteiger partial charge in [-0.25, -0.2) is 15.0 Å². The molecule has 2 fully saturated rings. The van der Waals surface area contributed by atoms with Crippen LogP contribution in [-0.2, 0) is 11.3 Å². The van der Waals surface area contributed by atoms with Gasteiger partial charge in [-0.2, -0.15) is 0 Å². The first-order valence-electron chi connectivity index (χ1n) is 9.83. The lowest BCUT2D eigenvalue weighted by Crippen LogP contribution is -2.41. The van der Waals surface area contributed by atoms with Gasteiger partial charge >= 0.3 is 0 Å². The first kappa shape index (κ1) is 20.9. The van der Waals surface area contributed by atoms with Gasteiger partial charge in [-0.15, -0.1) is 0 Å². The number of benzene rings is 1. The van der Waals surface area contributed by atoms with Gasteiger partial charge in [0.2, 0.25) is 5.91 Å². The van der Waals surface area contributed by atoms with Crippen molar-refractivity contribution in [2.75, 3.05) is 12.4 Å². The average molecular weight is 555 g/mol. The maximum Gasteiger partial charge on any atom is 0.229 e. The number of amides is 1. The van der Waals surface area contributed by atoms with Gasteiger partial charge in [0.15, 0.2) is 20.8 Å². The molecule has 31 heavy (non-hydrogen) atoms. The summed E-state index contributed by atoms with van der Waals surface area (Å²) in [6.07, 6.45) is -0.124. The number of fused-ring (bicyclic) bond motifs is 2. The van der Waals surface area contributed by atoms with Gasteiger partial charge < -0.3 is 25.4 Å². The largest absolute Gasteiger partial charge is 0.389 e. The van der Waals surface area contributed by atoms with Gasteiger partial charge in [-0.1, -0.05) is 23.7 Å². The minimum absolute atomic E-state index is 0.189. The van der Waals surface area contributed by atoms with E-state index >= 15 is 0 Å². The molecule has 0 saturated heterocycles. The van der Waals surface area contributed by atoms with Crippen LogP contribution in [0, 0.1) is 15.2 Å². The van der Waals surface area contributed by atoms with Crippen LogP contribution in [0.1, 0.15) is 18.0 Å². The maximum absolute atomic E-state index is 12.4. The molecule has 1 aromatic carbocycles. The van der Waals surface area contributed by atoms with Crippen LogP contribution in [-0.4, -0.2) is 54.9 Å². The number of anilines is 1. The molecule has 2 heterocycles. The first-order valence-corrected chi connectivity index (χ1v) is 11.3. The smallest absolute Gasteiger partial charge is 0.229 e. The number of halogens is 2. The number of imidazole rings is 1. The van der Waals surface area contributed by atoms with Crippen LogP contribution < -0.4 is 10.6 Å². The third-order valence-electron chi connectivity index (χ3n) is 6.39. The van der Waals surface area contributed by atoms with Crippen molar-refractivity contribution < 1.29 is 15.0 Å². The van der Waals surface area contributed by atoms with E-state index in [1.54, 1.807) is 17.9 Å². The molecule has 0 radical (unpaired) electrons. The van der Waals surface area contributed by atoms with Gasteiger partial charge in [-0.05, 0) is 24.1 Å². The molecule has 0 aliphatic heterocycles. The Labute approximate surface area is 196 Å². The number of rotatable bonds is 5. The summed E-state index contributed by atoms with van der Waals surface area (Å²) in [5.41, 5.74) is 1.14. The fourth-order valence-corrected chi connectivity index (χ4v) is 5.53. The van der Waals surface area contributed by atoms with E-state index in [1.165, 1.54) is 0 Å². The SMILES string of the molecule is CNC(=O)[C@@]12C[C@@H]1[C@@H](n1cnc3c(NCc4cccc(Cl)c4)nc(I)nc31)C(O)C2O. The quantitative estimate of drug-likeness (QED) is 0.280. The number of nitrogens with zero attached hydrogens (tertiary/aromatic N) is 4. The molecule has 2 unspecified atom stereocenters. The molecule has 11 heteroatoms.